The minimum atomic E-state index is -4.69. The summed E-state index contributed by atoms with van der Waals surface area (Å²) in [7, 11) is 0. The Morgan fingerprint density at radius 1 is 1.33 bits per heavy atom. The summed E-state index contributed by atoms with van der Waals surface area (Å²) in [6.07, 6.45) is -4.69. The lowest BCUT2D eigenvalue weighted by molar-refractivity contribution is -0.138. The van der Waals surface area contributed by atoms with E-state index < -0.39 is 27.8 Å². The molecule has 0 radical (unpaired) electrons. The van der Waals surface area contributed by atoms with Crippen molar-refractivity contribution in [2.24, 2.45) is 0 Å². The zero-order chi connectivity index (χ0) is 11.8. The van der Waals surface area contributed by atoms with Gasteiger partial charge in [0, 0.05) is 5.56 Å². The van der Waals surface area contributed by atoms with Crippen LogP contribution in [0.15, 0.2) is 16.6 Å². The van der Waals surface area contributed by atoms with E-state index in [9.17, 15) is 22.4 Å². The predicted molar refractivity (Wildman–Crippen MR) is 49.1 cm³/mol. The number of hydrogen-bond acceptors (Lipinski definition) is 1. The molecule has 0 aromatic heterocycles. The Morgan fingerprint density at radius 2 is 1.87 bits per heavy atom. The van der Waals surface area contributed by atoms with Crippen LogP contribution in [-0.2, 0) is 6.18 Å². The molecule has 82 valence electrons. The molecule has 0 aliphatic heterocycles. The van der Waals surface area contributed by atoms with Crippen LogP contribution in [0.4, 0.5) is 17.6 Å². The Hall–Kier alpha value is -0.910. The second kappa shape index (κ2) is 3.92. The highest BCUT2D eigenvalue weighted by atomic mass is 79.9. The topological polar surface area (TPSA) is 17.1 Å². The number of Topliss-reactive ketones (excluding diaryl/α,β-unsaturated/α-hetero) is 1. The van der Waals surface area contributed by atoms with E-state index in [1.54, 1.807) is 0 Å². The van der Waals surface area contributed by atoms with Crippen LogP contribution in [0, 0.1) is 5.82 Å². The van der Waals surface area contributed by atoms with Gasteiger partial charge in [0.1, 0.15) is 5.82 Å². The highest BCUT2D eigenvalue weighted by Gasteiger charge is 2.34. The number of halogens is 5. The third kappa shape index (κ3) is 2.56. The van der Waals surface area contributed by atoms with Crippen LogP contribution >= 0.6 is 15.9 Å². The van der Waals surface area contributed by atoms with Crippen molar-refractivity contribution >= 4 is 21.7 Å². The van der Waals surface area contributed by atoms with E-state index in [0.29, 0.717) is 6.07 Å². The molecule has 0 saturated carbocycles. The van der Waals surface area contributed by atoms with Crippen molar-refractivity contribution in [1.29, 1.82) is 0 Å². The van der Waals surface area contributed by atoms with Gasteiger partial charge in [-0.15, -0.1) is 0 Å². The molecule has 0 aliphatic carbocycles. The van der Waals surface area contributed by atoms with E-state index in [1.807, 2.05) is 0 Å². The summed E-state index contributed by atoms with van der Waals surface area (Å²) >= 11 is 2.49. The van der Waals surface area contributed by atoms with Crippen molar-refractivity contribution in [2.45, 2.75) is 13.1 Å². The van der Waals surface area contributed by atoms with Crippen LogP contribution in [0.5, 0.6) is 0 Å². The van der Waals surface area contributed by atoms with Crippen LogP contribution in [-0.4, -0.2) is 5.78 Å². The third-order valence-corrected chi connectivity index (χ3v) is 2.55. The summed E-state index contributed by atoms with van der Waals surface area (Å²) in [5.41, 5.74) is -1.49. The number of benzene rings is 1. The summed E-state index contributed by atoms with van der Waals surface area (Å²) in [6, 6.07) is 1.39. The van der Waals surface area contributed by atoms with E-state index in [4.69, 9.17) is 0 Å². The van der Waals surface area contributed by atoms with Gasteiger partial charge in [-0.1, -0.05) is 0 Å². The molecular weight excluding hydrogens is 280 g/mol. The molecule has 0 spiro atoms. The molecule has 0 fully saturated rings. The lowest BCUT2D eigenvalue weighted by Crippen LogP contribution is -2.09. The van der Waals surface area contributed by atoms with Crippen molar-refractivity contribution in [3.63, 3.8) is 0 Å². The molecule has 6 heteroatoms. The van der Waals surface area contributed by atoms with Crippen molar-refractivity contribution in [1.82, 2.24) is 0 Å². The highest BCUT2D eigenvalue weighted by Crippen LogP contribution is 2.36. The van der Waals surface area contributed by atoms with Gasteiger partial charge < -0.3 is 0 Å². The summed E-state index contributed by atoms with van der Waals surface area (Å²) in [6.45, 7) is 1.07. The molecule has 0 saturated heterocycles. The first-order valence-corrected chi connectivity index (χ1v) is 4.60. The number of ketones is 1. The van der Waals surface area contributed by atoms with Gasteiger partial charge in [-0.3, -0.25) is 4.79 Å². The van der Waals surface area contributed by atoms with Crippen molar-refractivity contribution in [3.8, 4) is 0 Å². The first-order chi connectivity index (χ1) is 6.73. The first-order valence-electron chi connectivity index (χ1n) is 3.80. The molecule has 15 heavy (non-hydrogen) atoms. The maximum absolute atomic E-state index is 13.0. The molecule has 1 aromatic carbocycles. The van der Waals surface area contributed by atoms with Gasteiger partial charge in [0.05, 0.1) is 10.0 Å². The van der Waals surface area contributed by atoms with Gasteiger partial charge in [-0.25, -0.2) is 4.39 Å². The number of rotatable bonds is 1. The zero-order valence-corrected chi connectivity index (χ0v) is 9.04. The largest absolute Gasteiger partial charge is 0.417 e. The summed E-state index contributed by atoms with van der Waals surface area (Å²) < 4.78 is 49.4. The van der Waals surface area contributed by atoms with Crippen molar-refractivity contribution < 1.29 is 22.4 Å². The molecule has 0 amide bonds. The normalized spacial score (nSPS) is 11.6. The molecule has 0 bridgehead atoms. The van der Waals surface area contributed by atoms with E-state index in [-0.39, 0.29) is 5.56 Å². The Bertz CT molecular complexity index is 411. The van der Waals surface area contributed by atoms with Crippen LogP contribution in [0.25, 0.3) is 0 Å². The monoisotopic (exact) mass is 284 g/mol. The molecule has 0 unspecified atom stereocenters. The van der Waals surface area contributed by atoms with Gasteiger partial charge in [0.25, 0.3) is 0 Å². The second-order valence-electron chi connectivity index (χ2n) is 2.87. The summed E-state index contributed by atoms with van der Waals surface area (Å²) in [5.74, 6) is -1.72. The molecule has 1 aromatic rings. The summed E-state index contributed by atoms with van der Waals surface area (Å²) in [5, 5.41) is 0. The summed E-state index contributed by atoms with van der Waals surface area (Å²) in [4.78, 5) is 10.8. The maximum atomic E-state index is 13.0. The Morgan fingerprint density at radius 3 is 2.27 bits per heavy atom. The number of carbonyl (C=O) groups excluding carboxylic acids is 1. The molecule has 0 atom stereocenters. The SMILES string of the molecule is CC(=O)c1cc(F)c(Br)c(C(F)(F)F)c1. The van der Waals surface area contributed by atoms with Crippen molar-refractivity contribution in [3.05, 3.63) is 33.5 Å². The van der Waals surface area contributed by atoms with Gasteiger partial charge in [-0.05, 0) is 35.0 Å². The molecular formula is C9H5BrF4O. The average molecular weight is 285 g/mol. The third-order valence-electron chi connectivity index (χ3n) is 1.74. The fraction of sp³-hybridized carbons (Fsp3) is 0.222. The maximum Gasteiger partial charge on any atom is 0.417 e. The van der Waals surface area contributed by atoms with Gasteiger partial charge in [-0.2, -0.15) is 13.2 Å². The van der Waals surface area contributed by atoms with Crippen molar-refractivity contribution in [2.75, 3.05) is 0 Å². The molecule has 0 aliphatic rings. The fourth-order valence-electron chi connectivity index (χ4n) is 0.999. The first kappa shape index (κ1) is 12.2. The van der Waals surface area contributed by atoms with E-state index >= 15 is 0 Å². The smallest absolute Gasteiger partial charge is 0.295 e. The Balaban J connectivity index is 3.45. The Labute approximate surface area is 91.2 Å². The number of alkyl halides is 3. The molecule has 0 heterocycles. The lowest BCUT2D eigenvalue weighted by atomic mass is 10.1. The molecule has 0 N–H and O–H groups in total. The average Bonchev–Trinajstić information content (AvgIpc) is 2.06. The highest BCUT2D eigenvalue weighted by molar-refractivity contribution is 9.10. The van der Waals surface area contributed by atoms with Gasteiger partial charge >= 0.3 is 6.18 Å². The van der Waals surface area contributed by atoms with Crippen LogP contribution in [0.1, 0.15) is 22.8 Å². The standard InChI is InChI=1S/C9H5BrF4O/c1-4(15)5-2-6(9(12,13)14)8(10)7(11)3-5/h2-3H,1H3. The molecule has 1 nitrogen and oxygen atoms in total. The van der Waals surface area contributed by atoms with Crippen LogP contribution in [0.2, 0.25) is 0 Å². The number of hydrogen-bond donors (Lipinski definition) is 0. The quantitative estimate of drug-likeness (QED) is 0.566. The van der Waals surface area contributed by atoms with Gasteiger partial charge in [0.15, 0.2) is 5.78 Å². The van der Waals surface area contributed by atoms with Crippen LogP contribution in [0.3, 0.4) is 0 Å². The van der Waals surface area contributed by atoms with E-state index in [1.165, 1.54) is 0 Å². The lowest BCUT2D eigenvalue weighted by Gasteiger charge is -2.10. The predicted octanol–water partition coefficient (Wildman–Crippen LogP) is 3.81. The second-order valence-corrected chi connectivity index (χ2v) is 3.67. The van der Waals surface area contributed by atoms with Gasteiger partial charge in [0.2, 0.25) is 0 Å². The minimum absolute atomic E-state index is 0.303. The van der Waals surface area contributed by atoms with Crippen LogP contribution < -0.4 is 0 Å². The zero-order valence-electron chi connectivity index (χ0n) is 7.45. The van der Waals surface area contributed by atoms with E-state index in [0.717, 1.165) is 13.0 Å². The minimum Gasteiger partial charge on any atom is -0.295 e. The molecule has 1 rings (SSSR count). The fourth-order valence-corrected chi connectivity index (χ4v) is 1.45. The number of carbonyl (C=O) groups is 1. The Kier molecular flexibility index (Phi) is 3.18. The van der Waals surface area contributed by atoms with E-state index in [2.05, 4.69) is 15.9 Å².